The number of H-pyrrole nitrogens is 1. The zero-order valence-electron chi connectivity index (χ0n) is 18.7. The molecule has 2 aromatic carbocycles. The minimum Gasteiger partial charge on any atom is -0.325 e. The Labute approximate surface area is 192 Å². The van der Waals surface area contributed by atoms with Crippen LogP contribution in [0.5, 0.6) is 0 Å². The number of benzene rings is 2. The Morgan fingerprint density at radius 2 is 2.03 bits per heavy atom. The Kier molecular flexibility index (Phi) is 7.14. The molecule has 1 aliphatic rings. The number of nitrogens with zero attached hydrogens (tertiary/aromatic N) is 3. The number of hydrogen-bond acceptors (Lipinski definition) is 4. The molecule has 172 valence electrons. The summed E-state index contributed by atoms with van der Waals surface area (Å²) in [6.07, 6.45) is 3.10. The van der Waals surface area contributed by atoms with Gasteiger partial charge in [0.15, 0.2) is 0 Å². The van der Waals surface area contributed by atoms with Crippen molar-refractivity contribution >= 4 is 23.2 Å². The molecule has 0 spiro atoms. The molecule has 0 atom stereocenters. The summed E-state index contributed by atoms with van der Waals surface area (Å²) in [7, 11) is 1.91. The highest BCUT2D eigenvalue weighted by Gasteiger charge is 2.21. The van der Waals surface area contributed by atoms with Crippen LogP contribution in [-0.4, -0.2) is 53.6 Å². The Morgan fingerprint density at radius 3 is 2.79 bits per heavy atom. The van der Waals surface area contributed by atoms with Gasteiger partial charge in [-0.1, -0.05) is 6.07 Å². The van der Waals surface area contributed by atoms with Crippen LogP contribution >= 0.6 is 0 Å². The number of hydrogen-bond donors (Lipinski definition) is 2. The summed E-state index contributed by atoms with van der Waals surface area (Å²) >= 11 is 0. The number of aryl methyl sites for hydroxylation is 1. The molecule has 0 saturated carbocycles. The summed E-state index contributed by atoms with van der Waals surface area (Å²) < 4.78 is 13.1. The molecule has 0 aliphatic carbocycles. The fourth-order valence-electron chi connectivity index (χ4n) is 4.00. The van der Waals surface area contributed by atoms with E-state index in [1.165, 1.54) is 12.1 Å². The second kappa shape index (κ2) is 10.4. The number of carbonyl (C=O) groups is 2. The van der Waals surface area contributed by atoms with Crippen molar-refractivity contribution < 1.29 is 14.0 Å². The number of likely N-dealkylation sites (N-methyl/N-ethyl adjacent to an activating group) is 1. The first-order valence-electron chi connectivity index (χ1n) is 11.2. The molecule has 2 heterocycles. The normalized spacial score (nSPS) is 13.7. The Hall–Kier alpha value is -3.52. The summed E-state index contributed by atoms with van der Waals surface area (Å²) in [5.74, 6) is -0.237. The van der Waals surface area contributed by atoms with Crippen LogP contribution in [0.3, 0.4) is 0 Å². The zero-order valence-corrected chi connectivity index (χ0v) is 18.7. The van der Waals surface area contributed by atoms with E-state index in [-0.39, 0.29) is 24.2 Å². The van der Waals surface area contributed by atoms with Crippen LogP contribution in [0.2, 0.25) is 0 Å². The van der Waals surface area contributed by atoms with Crippen molar-refractivity contribution in [2.75, 3.05) is 36.9 Å². The lowest BCUT2D eigenvalue weighted by molar-refractivity contribution is -0.117. The first kappa shape index (κ1) is 22.7. The number of anilines is 2. The average Bonchev–Trinajstić information content (AvgIpc) is 3.43. The van der Waals surface area contributed by atoms with Crippen molar-refractivity contribution in [2.24, 2.45) is 0 Å². The van der Waals surface area contributed by atoms with Gasteiger partial charge in [-0.25, -0.2) is 4.39 Å². The number of halogens is 1. The standard InChI is InChI=1S/C25H28FN5O2/c1-30(13-3-6-21-16-23(29-28-21)18-9-11-19(26)12-10-18)17-24(32)27-20-5-2-7-22(15-20)31-14-4-8-25(31)33/h2,5,7,9-12,15-16H,3-4,6,8,13-14,17H2,1H3,(H,27,32)(H,28,29). The largest absolute Gasteiger partial charge is 0.325 e. The lowest BCUT2D eigenvalue weighted by atomic mass is 10.1. The van der Waals surface area contributed by atoms with Gasteiger partial charge in [-0.15, -0.1) is 0 Å². The maximum absolute atomic E-state index is 13.1. The Bertz CT molecular complexity index is 1110. The van der Waals surface area contributed by atoms with Crippen molar-refractivity contribution in [3.8, 4) is 11.3 Å². The third-order valence-corrected chi connectivity index (χ3v) is 5.69. The van der Waals surface area contributed by atoms with Gasteiger partial charge in [0.25, 0.3) is 0 Å². The molecule has 2 N–H and O–H groups in total. The van der Waals surface area contributed by atoms with Crippen LogP contribution in [0.1, 0.15) is 25.0 Å². The summed E-state index contributed by atoms with van der Waals surface area (Å²) in [5.41, 5.74) is 4.17. The molecule has 1 aliphatic heterocycles. The Morgan fingerprint density at radius 1 is 1.21 bits per heavy atom. The van der Waals surface area contributed by atoms with Crippen molar-refractivity contribution in [3.63, 3.8) is 0 Å². The quantitative estimate of drug-likeness (QED) is 0.520. The first-order valence-corrected chi connectivity index (χ1v) is 11.2. The predicted octanol–water partition coefficient (Wildman–Crippen LogP) is 3.85. The third kappa shape index (κ3) is 6.04. The maximum atomic E-state index is 13.1. The van der Waals surface area contributed by atoms with Crippen LogP contribution in [0.25, 0.3) is 11.3 Å². The minimum atomic E-state index is -0.268. The van der Waals surface area contributed by atoms with Crippen molar-refractivity contribution in [3.05, 3.63) is 66.1 Å². The van der Waals surface area contributed by atoms with Crippen LogP contribution in [0.4, 0.5) is 15.8 Å². The van der Waals surface area contributed by atoms with E-state index in [0.29, 0.717) is 12.1 Å². The van der Waals surface area contributed by atoms with Crippen LogP contribution in [-0.2, 0) is 16.0 Å². The van der Waals surface area contributed by atoms with Gasteiger partial charge in [-0.3, -0.25) is 19.6 Å². The molecule has 3 aromatic rings. The topological polar surface area (TPSA) is 81.3 Å². The molecule has 7 nitrogen and oxygen atoms in total. The highest BCUT2D eigenvalue weighted by molar-refractivity contribution is 5.97. The summed E-state index contributed by atoms with van der Waals surface area (Å²) in [6, 6.07) is 15.7. The van der Waals surface area contributed by atoms with E-state index in [1.807, 2.05) is 42.3 Å². The van der Waals surface area contributed by atoms with Gasteiger partial charge in [0, 0.05) is 35.6 Å². The monoisotopic (exact) mass is 449 g/mol. The van der Waals surface area contributed by atoms with Crippen LogP contribution in [0.15, 0.2) is 54.6 Å². The molecule has 1 saturated heterocycles. The van der Waals surface area contributed by atoms with Gasteiger partial charge in [0.2, 0.25) is 11.8 Å². The molecule has 0 radical (unpaired) electrons. The van der Waals surface area contributed by atoms with E-state index < -0.39 is 0 Å². The summed E-state index contributed by atoms with van der Waals surface area (Å²) in [4.78, 5) is 28.2. The SMILES string of the molecule is CN(CCCc1cc(-c2ccc(F)cc2)n[nH]1)CC(=O)Nc1cccc(N2CCCC2=O)c1. The van der Waals surface area contributed by atoms with Crippen LogP contribution in [0, 0.1) is 5.82 Å². The molecule has 1 aromatic heterocycles. The predicted molar refractivity (Wildman–Crippen MR) is 126 cm³/mol. The van der Waals surface area contributed by atoms with Gasteiger partial charge in [0.05, 0.1) is 12.2 Å². The average molecular weight is 450 g/mol. The number of nitrogens with one attached hydrogen (secondary N) is 2. The second-order valence-corrected chi connectivity index (χ2v) is 8.37. The van der Waals surface area contributed by atoms with Gasteiger partial charge in [-0.2, -0.15) is 5.10 Å². The van der Waals surface area contributed by atoms with E-state index in [4.69, 9.17) is 0 Å². The number of carbonyl (C=O) groups excluding carboxylic acids is 2. The van der Waals surface area contributed by atoms with Gasteiger partial charge in [0.1, 0.15) is 5.82 Å². The van der Waals surface area contributed by atoms with Crippen LogP contribution < -0.4 is 10.2 Å². The van der Waals surface area contributed by atoms with Gasteiger partial charge < -0.3 is 10.2 Å². The lowest BCUT2D eigenvalue weighted by Crippen LogP contribution is -2.31. The lowest BCUT2D eigenvalue weighted by Gasteiger charge is -2.18. The minimum absolute atomic E-state index is 0.0949. The van der Waals surface area contributed by atoms with E-state index in [1.54, 1.807) is 17.0 Å². The number of aromatic nitrogens is 2. The molecule has 1 fully saturated rings. The number of amides is 2. The fraction of sp³-hybridized carbons (Fsp3) is 0.320. The first-order chi connectivity index (χ1) is 16.0. The van der Waals surface area contributed by atoms with E-state index >= 15 is 0 Å². The number of aromatic amines is 1. The van der Waals surface area contributed by atoms with E-state index in [2.05, 4.69) is 15.5 Å². The highest BCUT2D eigenvalue weighted by atomic mass is 19.1. The maximum Gasteiger partial charge on any atom is 0.238 e. The van der Waals surface area contributed by atoms with Crippen molar-refractivity contribution in [1.82, 2.24) is 15.1 Å². The van der Waals surface area contributed by atoms with Gasteiger partial charge in [-0.05, 0) is 81.4 Å². The molecular formula is C25H28FN5O2. The van der Waals surface area contributed by atoms with E-state index in [9.17, 15) is 14.0 Å². The molecule has 4 rings (SSSR count). The fourth-order valence-corrected chi connectivity index (χ4v) is 4.00. The smallest absolute Gasteiger partial charge is 0.238 e. The molecule has 2 amide bonds. The molecule has 0 unspecified atom stereocenters. The summed E-state index contributed by atoms with van der Waals surface area (Å²) in [5, 5.41) is 10.3. The molecule has 8 heteroatoms. The van der Waals surface area contributed by atoms with Crippen molar-refractivity contribution in [2.45, 2.75) is 25.7 Å². The molecular weight excluding hydrogens is 421 g/mol. The summed E-state index contributed by atoms with van der Waals surface area (Å²) in [6.45, 7) is 1.75. The van der Waals surface area contributed by atoms with Gasteiger partial charge >= 0.3 is 0 Å². The van der Waals surface area contributed by atoms with Crippen molar-refractivity contribution in [1.29, 1.82) is 0 Å². The number of rotatable bonds is 9. The van der Waals surface area contributed by atoms with E-state index in [0.717, 1.165) is 55.0 Å². The third-order valence-electron chi connectivity index (χ3n) is 5.69. The highest BCUT2D eigenvalue weighted by Crippen LogP contribution is 2.24. The molecule has 0 bridgehead atoms. The molecule has 33 heavy (non-hydrogen) atoms. The Balaban J connectivity index is 1.22. The zero-order chi connectivity index (χ0) is 23.2. The second-order valence-electron chi connectivity index (χ2n) is 8.37.